The van der Waals surface area contributed by atoms with Gasteiger partial charge in [0.05, 0.1) is 6.10 Å². The van der Waals surface area contributed by atoms with E-state index in [1.54, 1.807) is 0 Å². The minimum atomic E-state index is -0.170. The molecule has 0 saturated carbocycles. The van der Waals surface area contributed by atoms with Gasteiger partial charge in [0.25, 0.3) is 0 Å². The largest absolute Gasteiger partial charge is 0.391 e. The second-order valence-electron chi connectivity index (χ2n) is 5.56. The number of β-amino-alcohol motifs (C(OH)–C–C–N with tert-alkyl or cyclic N) is 1. The van der Waals surface area contributed by atoms with Crippen LogP contribution in [0.15, 0.2) is 0 Å². The van der Waals surface area contributed by atoms with Crippen LogP contribution in [0.3, 0.4) is 0 Å². The smallest absolute Gasteiger partial charge is 0.0730 e. The predicted molar refractivity (Wildman–Crippen MR) is 51.1 cm³/mol. The van der Waals surface area contributed by atoms with Crippen molar-refractivity contribution in [1.82, 2.24) is 4.90 Å². The monoisotopic (exact) mass is 171 g/mol. The van der Waals surface area contributed by atoms with Gasteiger partial charge in [-0.15, -0.1) is 0 Å². The summed E-state index contributed by atoms with van der Waals surface area (Å²) in [7, 11) is 0. The minimum absolute atomic E-state index is 0.0628. The summed E-state index contributed by atoms with van der Waals surface area (Å²) in [6.45, 7) is 12.7. The van der Waals surface area contributed by atoms with Crippen LogP contribution >= 0.6 is 0 Å². The molecule has 2 nitrogen and oxygen atoms in total. The van der Waals surface area contributed by atoms with Crippen LogP contribution in [0.2, 0.25) is 0 Å². The van der Waals surface area contributed by atoms with Gasteiger partial charge < -0.3 is 5.11 Å². The van der Waals surface area contributed by atoms with E-state index in [2.05, 4.69) is 39.5 Å². The molecule has 72 valence electrons. The maximum Gasteiger partial charge on any atom is 0.0730 e. The highest BCUT2D eigenvalue weighted by molar-refractivity contribution is 4.95. The highest BCUT2D eigenvalue weighted by Crippen LogP contribution is 2.33. The quantitative estimate of drug-likeness (QED) is 0.597. The van der Waals surface area contributed by atoms with Crippen LogP contribution in [0, 0.1) is 5.41 Å². The number of rotatable bonds is 0. The summed E-state index contributed by atoms with van der Waals surface area (Å²) in [5.74, 6) is 0. The lowest BCUT2D eigenvalue weighted by atomic mass is 9.90. The molecule has 0 aliphatic carbocycles. The molecule has 1 fully saturated rings. The topological polar surface area (TPSA) is 23.5 Å². The molecule has 0 unspecified atom stereocenters. The third kappa shape index (κ3) is 1.80. The van der Waals surface area contributed by atoms with Gasteiger partial charge in [-0.3, -0.25) is 4.90 Å². The van der Waals surface area contributed by atoms with Crippen molar-refractivity contribution < 1.29 is 5.11 Å². The molecule has 12 heavy (non-hydrogen) atoms. The van der Waals surface area contributed by atoms with Crippen LogP contribution in [-0.2, 0) is 0 Å². The van der Waals surface area contributed by atoms with Crippen LogP contribution in [0.4, 0.5) is 0 Å². The van der Waals surface area contributed by atoms with Crippen LogP contribution in [0.5, 0.6) is 0 Å². The molecule has 0 amide bonds. The summed E-state index contributed by atoms with van der Waals surface area (Å²) in [6, 6.07) is 0. The average molecular weight is 171 g/mol. The Kier molecular flexibility index (Phi) is 2.26. The third-order valence-corrected chi connectivity index (χ3v) is 2.84. The number of nitrogens with zero attached hydrogens (tertiary/aromatic N) is 1. The van der Waals surface area contributed by atoms with Crippen molar-refractivity contribution in [3.8, 4) is 0 Å². The second kappa shape index (κ2) is 2.71. The van der Waals surface area contributed by atoms with Crippen molar-refractivity contribution in [1.29, 1.82) is 0 Å². The van der Waals surface area contributed by atoms with Crippen LogP contribution in [0.25, 0.3) is 0 Å². The van der Waals surface area contributed by atoms with Crippen molar-refractivity contribution in [3.05, 3.63) is 0 Å². The molecule has 1 heterocycles. The molecule has 0 spiro atoms. The van der Waals surface area contributed by atoms with E-state index < -0.39 is 0 Å². The third-order valence-electron chi connectivity index (χ3n) is 2.84. The van der Waals surface area contributed by atoms with E-state index in [-0.39, 0.29) is 17.1 Å². The molecule has 1 rings (SSSR count). The van der Waals surface area contributed by atoms with Crippen LogP contribution < -0.4 is 0 Å². The number of hydrogen-bond donors (Lipinski definition) is 1. The fourth-order valence-electron chi connectivity index (χ4n) is 1.63. The number of aliphatic hydroxyl groups is 1. The lowest BCUT2D eigenvalue weighted by Gasteiger charge is -2.32. The fraction of sp³-hybridized carbons (Fsp3) is 1.00. The summed E-state index contributed by atoms with van der Waals surface area (Å²) >= 11 is 0. The molecule has 1 aliphatic heterocycles. The van der Waals surface area contributed by atoms with Gasteiger partial charge in [-0.1, -0.05) is 13.8 Å². The van der Waals surface area contributed by atoms with Gasteiger partial charge in [0, 0.05) is 24.0 Å². The minimum Gasteiger partial charge on any atom is -0.391 e. The normalized spacial score (nSPS) is 31.0. The zero-order valence-electron chi connectivity index (χ0n) is 8.89. The Morgan fingerprint density at radius 2 is 1.83 bits per heavy atom. The van der Waals surface area contributed by atoms with E-state index in [1.807, 2.05) is 0 Å². The van der Waals surface area contributed by atoms with E-state index in [0.29, 0.717) is 0 Å². The summed E-state index contributed by atoms with van der Waals surface area (Å²) in [6.07, 6.45) is -0.170. The van der Waals surface area contributed by atoms with Gasteiger partial charge in [0.2, 0.25) is 0 Å². The first-order valence-corrected chi connectivity index (χ1v) is 4.66. The van der Waals surface area contributed by atoms with Gasteiger partial charge in [-0.2, -0.15) is 0 Å². The average Bonchev–Trinajstić information content (AvgIpc) is 2.06. The van der Waals surface area contributed by atoms with E-state index >= 15 is 0 Å². The molecule has 0 bridgehead atoms. The molecule has 0 radical (unpaired) electrons. The first-order valence-electron chi connectivity index (χ1n) is 4.66. The van der Waals surface area contributed by atoms with Crippen LogP contribution in [0.1, 0.15) is 34.6 Å². The lowest BCUT2D eigenvalue weighted by Crippen LogP contribution is -2.40. The van der Waals surface area contributed by atoms with Crippen molar-refractivity contribution in [2.24, 2.45) is 5.41 Å². The first kappa shape index (κ1) is 10.0. The van der Waals surface area contributed by atoms with E-state index in [9.17, 15) is 5.11 Å². The predicted octanol–water partition coefficient (Wildman–Crippen LogP) is 1.49. The Morgan fingerprint density at radius 1 is 1.33 bits per heavy atom. The van der Waals surface area contributed by atoms with Gasteiger partial charge in [-0.25, -0.2) is 0 Å². The van der Waals surface area contributed by atoms with Crippen molar-refractivity contribution in [2.45, 2.75) is 46.3 Å². The Labute approximate surface area is 75.6 Å². The number of likely N-dealkylation sites (tertiary alicyclic amines) is 1. The summed E-state index contributed by atoms with van der Waals surface area (Å²) in [5, 5.41) is 9.75. The molecule has 0 aromatic rings. The summed E-state index contributed by atoms with van der Waals surface area (Å²) < 4.78 is 0. The number of hydrogen-bond acceptors (Lipinski definition) is 2. The molecule has 1 atom stereocenters. The SMILES string of the molecule is CC1(C)CN(C(C)(C)C)C[C@@H]1O. The standard InChI is InChI=1S/C10H21NO/c1-9(2,3)11-6-8(12)10(4,5)7-11/h8,12H,6-7H2,1-5H3/t8-/m0/s1. The Balaban J connectivity index is 2.67. The highest BCUT2D eigenvalue weighted by Gasteiger charge is 2.41. The van der Waals surface area contributed by atoms with E-state index in [0.717, 1.165) is 13.1 Å². The molecule has 0 aromatic heterocycles. The summed E-state index contributed by atoms with van der Waals surface area (Å²) in [5.41, 5.74) is 0.252. The molecule has 1 saturated heterocycles. The molecule has 2 heteroatoms. The lowest BCUT2D eigenvalue weighted by molar-refractivity contribution is 0.0935. The molecular weight excluding hydrogens is 150 g/mol. The number of aliphatic hydroxyl groups excluding tert-OH is 1. The van der Waals surface area contributed by atoms with Crippen molar-refractivity contribution in [2.75, 3.05) is 13.1 Å². The van der Waals surface area contributed by atoms with E-state index in [4.69, 9.17) is 0 Å². The second-order valence-corrected chi connectivity index (χ2v) is 5.56. The summed E-state index contributed by atoms with van der Waals surface area (Å²) in [4.78, 5) is 2.34. The van der Waals surface area contributed by atoms with Crippen molar-refractivity contribution >= 4 is 0 Å². The van der Waals surface area contributed by atoms with Gasteiger partial charge in [0.1, 0.15) is 0 Å². The molecule has 1 aliphatic rings. The van der Waals surface area contributed by atoms with Gasteiger partial charge in [-0.05, 0) is 20.8 Å². The van der Waals surface area contributed by atoms with Gasteiger partial charge >= 0.3 is 0 Å². The van der Waals surface area contributed by atoms with Gasteiger partial charge in [0.15, 0.2) is 0 Å². The van der Waals surface area contributed by atoms with Crippen LogP contribution in [-0.4, -0.2) is 34.7 Å². The Hall–Kier alpha value is -0.0800. The Bertz CT molecular complexity index is 169. The molecular formula is C10H21NO. The fourth-order valence-corrected chi connectivity index (χ4v) is 1.63. The van der Waals surface area contributed by atoms with Crippen molar-refractivity contribution in [3.63, 3.8) is 0 Å². The zero-order chi connectivity index (χ0) is 9.57. The zero-order valence-corrected chi connectivity index (χ0v) is 8.89. The molecule has 0 aromatic carbocycles. The highest BCUT2D eigenvalue weighted by atomic mass is 16.3. The first-order chi connectivity index (χ1) is 5.23. The Morgan fingerprint density at radius 3 is 2.00 bits per heavy atom. The molecule has 1 N–H and O–H groups in total. The maximum atomic E-state index is 9.75. The maximum absolute atomic E-state index is 9.75. The van der Waals surface area contributed by atoms with E-state index in [1.165, 1.54) is 0 Å².